The minimum absolute atomic E-state index is 0.205. The molecule has 4 atom stereocenters. The van der Waals surface area contributed by atoms with Crippen LogP contribution >= 0.6 is 11.6 Å². The lowest BCUT2D eigenvalue weighted by molar-refractivity contribution is -0.0356. The van der Waals surface area contributed by atoms with Gasteiger partial charge in [-0.25, -0.2) is 9.18 Å². The van der Waals surface area contributed by atoms with E-state index in [1.54, 1.807) is 0 Å². The molecule has 2 heterocycles. The van der Waals surface area contributed by atoms with Gasteiger partial charge in [-0.1, -0.05) is 11.6 Å². The number of aliphatic hydroxyl groups excluding tert-OH is 1. The number of ether oxygens (including phenoxy) is 1. The summed E-state index contributed by atoms with van der Waals surface area (Å²) >= 11 is 5.56. The van der Waals surface area contributed by atoms with E-state index in [2.05, 4.69) is 0 Å². The molecule has 1 unspecified atom stereocenters. The summed E-state index contributed by atoms with van der Waals surface area (Å²) in [7, 11) is 0. The van der Waals surface area contributed by atoms with Crippen LogP contribution in [0.25, 0.3) is 0 Å². The molecule has 1 aromatic rings. The van der Waals surface area contributed by atoms with Crippen molar-refractivity contribution in [3.8, 4) is 0 Å². The van der Waals surface area contributed by atoms with Crippen LogP contribution in [0.3, 0.4) is 0 Å². The van der Waals surface area contributed by atoms with Crippen LogP contribution in [0.4, 0.5) is 4.39 Å². The Balaban J connectivity index is 2.32. The van der Waals surface area contributed by atoms with E-state index in [4.69, 9.17) is 22.8 Å². The van der Waals surface area contributed by atoms with Crippen molar-refractivity contribution in [2.45, 2.75) is 24.9 Å². The lowest BCUT2D eigenvalue weighted by Crippen LogP contribution is -2.32. The van der Waals surface area contributed by atoms with Crippen molar-refractivity contribution in [3.05, 3.63) is 32.1 Å². The van der Waals surface area contributed by atoms with E-state index in [1.807, 2.05) is 4.98 Å². The summed E-state index contributed by atoms with van der Waals surface area (Å²) in [6.07, 6.45) is -3.07. The molecule has 0 spiro atoms. The first-order valence-corrected chi connectivity index (χ1v) is 5.18. The molecule has 8 heteroatoms. The first-order valence-electron chi connectivity index (χ1n) is 5.38. The van der Waals surface area contributed by atoms with Gasteiger partial charge in [0.05, 0.1) is 7.95 Å². The fourth-order valence-electron chi connectivity index (χ4n) is 1.63. The van der Waals surface area contributed by atoms with Gasteiger partial charge in [0.2, 0.25) is 0 Å². The van der Waals surface area contributed by atoms with Gasteiger partial charge in [0.1, 0.15) is 23.5 Å². The second kappa shape index (κ2) is 4.59. The Labute approximate surface area is 101 Å². The average Bonchev–Trinajstić information content (AvgIpc) is 2.65. The van der Waals surface area contributed by atoms with Crippen LogP contribution in [0, 0.1) is 0 Å². The van der Waals surface area contributed by atoms with Crippen molar-refractivity contribution < 1.29 is 15.6 Å². The maximum absolute atomic E-state index is 13.5. The van der Waals surface area contributed by atoms with Crippen LogP contribution in [0.1, 0.15) is 14.0 Å². The van der Waals surface area contributed by atoms with Gasteiger partial charge in [0.15, 0.2) is 0 Å². The average molecular weight is 266 g/mol. The predicted molar refractivity (Wildman–Crippen MR) is 56.8 cm³/mol. The van der Waals surface area contributed by atoms with E-state index < -0.39 is 36.3 Å². The molecule has 17 heavy (non-hydrogen) atoms. The van der Waals surface area contributed by atoms with Crippen molar-refractivity contribution in [3.63, 3.8) is 0 Å². The third-order valence-electron chi connectivity index (χ3n) is 2.48. The molecule has 0 aliphatic carbocycles. The van der Waals surface area contributed by atoms with E-state index in [-0.39, 0.29) is 11.4 Å². The Morgan fingerprint density at radius 1 is 1.76 bits per heavy atom. The Bertz CT molecular complexity index is 560. The SMILES string of the molecule is [2H]C(O)[C@H]1O[C@@H](n2cc(Cl)c(=O)[nH]c2=O)C[C@@H]1F. The third-order valence-corrected chi connectivity index (χ3v) is 2.75. The highest BCUT2D eigenvalue weighted by Crippen LogP contribution is 2.29. The normalized spacial score (nSPS) is 31.2. The smallest absolute Gasteiger partial charge is 0.330 e. The largest absolute Gasteiger partial charge is 0.394 e. The summed E-state index contributed by atoms with van der Waals surface area (Å²) in [5.41, 5.74) is -1.54. The molecule has 2 rings (SSSR count). The van der Waals surface area contributed by atoms with Crippen LogP contribution in [0.15, 0.2) is 15.8 Å². The number of aliphatic hydroxyl groups is 1. The van der Waals surface area contributed by atoms with Crippen molar-refractivity contribution in [2.24, 2.45) is 0 Å². The van der Waals surface area contributed by atoms with Crippen molar-refractivity contribution in [2.75, 3.05) is 6.58 Å². The zero-order chi connectivity index (χ0) is 13.4. The van der Waals surface area contributed by atoms with Crippen molar-refractivity contribution in [1.29, 1.82) is 0 Å². The number of aromatic nitrogens is 2. The number of nitrogens with one attached hydrogen (secondary N) is 1. The predicted octanol–water partition coefficient (Wildman–Crippen LogP) is -0.192. The Morgan fingerprint density at radius 3 is 3.06 bits per heavy atom. The van der Waals surface area contributed by atoms with Gasteiger partial charge in [0.25, 0.3) is 5.56 Å². The molecule has 6 nitrogen and oxygen atoms in total. The maximum Gasteiger partial charge on any atom is 0.330 e. The van der Waals surface area contributed by atoms with Crippen LogP contribution < -0.4 is 11.2 Å². The van der Waals surface area contributed by atoms with Crippen molar-refractivity contribution in [1.82, 2.24) is 9.55 Å². The first-order chi connectivity index (χ1) is 8.40. The molecular formula is C9H10ClFN2O4. The molecule has 0 aromatic carbocycles. The zero-order valence-corrected chi connectivity index (χ0v) is 9.22. The van der Waals surface area contributed by atoms with E-state index in [0.717, 1.165) is 10.8 Å². The summed E-state index contributed by atoms with van der Waals surface area (Å²) in [5, 5.41) is 8.75. The monoisotopic (exact) mass is 265 g/mol. The fourth-order valence-corrected chi connectivity index (χ4v) is 1.78. The highest BCUT2D eigenvalue weighted by atomic mass is 35.5. The van der Waals surface area contributed by atoms with Gasteiger partial charge in [-0.3, -0.25) is 14.3 Å². The maximum atomic E-state index is 13.5. The van der Waals surface area contributed by atoms with E-state index in [9.17, 15) is 14.0 Å². The van der Waals surface area contributed by atoms with Crippen LogP contribution in [0.2, 0.25) is 5.02 Å². The molecule has 2 N–H and O–H groups in total. The number of halogens is 2. The Morgan fingerprint density at radius 2 is 2.47 bits per heavy atom. The standard InChI is InChI=1S/C9H10ClFN2O4/c10-4-2-13(9(16)12-8(4)15)7-1-5(11)6(3-14)17-7/h2,5-7,14H,1,3H2,(H,12,15,16)/t5-,6+,7+/m0/s1/i3D/t3?,5-,6+,7+. The molecule has 0 amide bonds. The number of nitrogens with zero attached hydrogens (tertiary/aromatic N) is 1. The lowest BCUT2D eigenvalue weighted by atomic mass is 10.2. The van der Waals surface area contributed by atoms with Crippen LogP contribution in [-0.2, 0) is 4.74 Å². The molecule has 94 valence electrons. The molecule has 1 fully saturated rings. The quantitative estimate of drug-likeness (QED) is 0.776. The highest BCUT2D eigenvalue weighted by molar-refractivity contribution is 6.30. The second-order valence-electron chi connectivity index (χ2n) is 3.60. The molecule has 1 aliphatic rings. The minimum Gasteiger partial charge on any atom is -0.394 e. The topological polar surface area (TPSA) is 84.3 Å². The molecule has 0 radical (unpaired) electrons. The minimum atomic E-state index is -1.74. The van der Waals surface area contributed by atoms with Crippen LogP contribution in [-0.4, -0.2) is 33.5 Å². The molecule has 1 saturated heterocycles. The molecule has 0 bridgehead atoms. The first kappa shape index (κ1) is 10.9. The number of alkyl halides is 1. The molecular weight excluding hydrogens is 255 g/mol. The summed E-state index contributed by atoms with van der Waals surface area (Å²) in [5.74, 6) is 0. The number of hydrogen-bond acceptors (Lipinski definition) is 4. The van der Waals surface area contributed by atoms with Gasteiger partial charge in [-0.2, -0.15) is 0 Å². The van der Waals surface area contributed by atoms with Gasteiger partial charge in [-0.05, 0) is 0 Å². The Hall–Kier alpha value is -1.18. The van der Waals surface area contributed by atoms with E-state index in [0.29, 0.717) is 0 Å². The van der Waals surface area contributed by atoms with Gasteiger partial charge < -0.3 is 9.84 Å². The lowest BCUT2D eigenvalue weighted by Gasteiger charge is -2.14. The van der Waals surface area contributed by atoms with Gasteiger partial charge in [-0.15, -0.1) is 0 Å². The molecule has 0 saturated carbocycles. The number of H-pyrrole nitrogens is 1. The van der Waals surface area contributed by atoms with Crippen LogP contribution in [0.5, 0.6) is 0 Å². The summed E-state index contributed by atoms with van der Waals surface area (Å²) in [6.45, 7) is -1.74. The number of rotatable bonds is 2. The van der Waals surface area contributed by atoms with Crippen molar-refractivity contribution >= 4 is 11.6 Å². The van der Waals surface area contributed by atoms with Gasteiger partial charge >= 0.3 is 5.69 Å². The highest BCUT2D eigenvalue weighted by Gasteiger charge is 2.36. The third kappa shape index (κ3) is 2.26. The zero-order valence-electron chi connectivity index (χ0n) is 9.47. The fraction of sp³-hybridized carbons (Fsp3) is 0.556. The number of hydrogen-bond donors (Lipinski definition) is 2. The number of aromatic amines is 1. The summed E-state index contributed by atoms with van der Waals surface area (Å²) in [6, 6.07) is 0. The molecule has 1 aromatic heterocycles. The summed E-state index contributed by atoms with van der Waals surface area (Å²) in [4.78, 5) is 24.5. The molecule has 1 aliphatic heterocycles. The van der Waals surface area contributed by atoms with Gasteiger partial charge in [0, 0.05) is 12.6 Å². The Kier molecular flexibility index (Phi) is 2.96. The van der Waals surface area contributed by atoms with E-state index >= 15 is 0 Å². The summed E-state index contributed by atoms with van der Waals surface area (Å²) < 4.78 is 26.5. The second-order valence-corrected chi connectivity index (χ2v) is 4.01. The van der Waals surface area contributed by atoms with E-state index in [1.165, 1.54) is 0 Å².